The van der Waals surface area contributed by atoms with Gasteiger partial charge in [0.25, 0.3) is 0 Å². The van der Waals surface area contributed by atoms with E-state index in [4.69, 9.17) is 0 Å². The second-order valence-electron chi connectivity index (χ2n) is 10.1. The Labute approximate surface area is 228 Å². The molecule has 0 aromatic heterocycles. The van der Waals surface area contributed by atoms with Gasteiger partial charge in [-0.05, 0) is 44.4 Å². The summed E-state index contributed by atoms with van der Waals surface area (Å²) in [5, 5.41) is 23.9. The topological polar surface area (TPSA) is 57.5 Å². The molecule has 4 atom stereocenters. The number of aliphatic hydroxyl groups excluding tert-OH is 2. The molecule has 3 rings (SSSR count). The Hall–Kier alpha value is -1.84. The Morgan fingerprint density at radius 1 is 0.811 bits per heavy atom. The van der Waals surface area contributed by atoms with Crippen LogP contribution in [0.3, 0.4) is 0 Å². The van der Waals surface area contributed by atoms with E-state index >= 15 is 4.57 Å². The van der Waals surface area contributed by atoms with Gasteiger partial charge < -0.3 is 14.8 Å². The first-order valence-electron chi connectivity index (χ1n) is 13.6. The average molecular weight is 539 g/mol. The van der Waals surface area contributed by atoms with E-state index in [9.17, 15) is 10.2 Å². The van der Waals surface area contributed by atoms with Gasteiger partial charge in [0, 0.05) is 16.3 Å². The van der Waals surface area contributed by atoms with Crippen molar-refractivity contribution in [2.24, 2.45) is 0 Å². The molecule has 37 heavy (non-hydrogen) atoms. The van der Waals surface area contributed by atoms with Gasteiger partial charge in [-0.3, -0.25) is 0 Å². The van der Waals surface area contributed by atoms with Gasteiger partial charge in [0.15, 0.2) is 0 Å². The highest BCUT2D eigenvalue weighted by Crippen LogP contribution is 2.58. The fourth-order valence-corrected chi connectivity index (χ4v) is 11.0. The number of aliphatic hydroxyl groups is 2. The summed E-state index contributed by atoms with van der Waals surface area (Å²) in [7, 11) is -3.19. The molecular formula is C32H43O3PS. The standard InChI is InChI=1S/C32H43O3PS/c1-4-5-9-24-30(36(35,28-20-12-7-13-21-28)29-22-14-8-15-23-29)32(3,31(34)26(2)33)37-25-16-19-27-17-10-6-11-18-27/h6-8,10-15,17-18,20-23,26,30-31,33-34H,4-5,9,16,19,24-25H2,1-3H3/t26-,30-,31+,32-/m0/s1. The lowest BCUT2D eigenvalue weighted by Gasteiger charge is -2.46. The van der Waals surface area contributed by atoms with E-state index in [0.717, 1.165) is 54.9 Å². The molecule has 0 aliphatic heterocycles. The first-order valence-corrected chi connectivity index (χ1v) is 16.3. The van der Waals surface area contributed by atoms with Crippen molar-refractivity contribution in [2.45, 2.75) is 81.9 Å². The number of unbranched alkanes of at least 4 members (excludes halogenated alkanes) is 2. The zero-order valence-corrected chi connectivity index (χ0v) is 24.2. The lowest BCUT2D eigenvalue weighted by atomic mass is 9.92. The first-order chi connectivity index (χ1) is 17.8. The maximum Gasteiger partial charge on any atom is 0.147 e. The largest absolute Gasteiger partial charge is 0.391 e. The Bertz CT molecular complexity index is 1050. The van der Waals surface area contributed by atoms with Gasteiger partial charge in [-0.25, -0.2) is 0 Å². The number of hydrogen-bond donors (Lipinski definition) is 2. The summed E-state index contributed by atoms with van der Waals surface area (Å²) in [4.78, 5) is 0. The second-order valence-corrected chi connectivity index (χ2v) is 14.7. The van der Waals surface area contributed by atoms with E-state index in [1.165, 1.54) is 5.56 Å². The van der Waals surface area contributed by atoms with Gasteiger partial charge in [-0.15, -0.1) is 0 Å². The van der Waals surface area contributed by atoms with Crippen LogP contribution in [0.25, 0.3) is 0 Å². The summed E-state index contributed by atoms with van der Waals surface area (Å²) in [5.41, 5.74) is 0.960. The van der Waals surface area contributed by atoms with Crippen LogP contribution in [0, 0.1) is 0 Å². The van der Waals surface area contributed by atoms with Crippen molar-refractivity contribution in [1.82, 2.24) is 0 Å². The van der Waals surface area contributed by atoms with Crippen LogP contribution in [0.1, 0.15) is 58.4 Å². The van der Waals surface area contributed by atoms with Crippen LogP contribution in [0.2, 0.25) is 0 Å². The van der Waals surface area contributed by atoms with Crippen LogP contribution in [-0.4, -0.2) is 38.6 Å². The van der Waals surface area contributed by atoms with Gasteiger partial charge >= 0.3 is 0 Å². The minimum atomic E-state index is -3.19. The number of thioether (sulfide) groups is 1. The average Bonchev–Trinajstić information content (AvgIpc) is 2.94. The molecule has 2 N–H and O–H groups in total. The van der Waals surface area contributed by atoms with Crippen molar-refractivity contribution >= 4 is 29.5 Å². The minimum absolute atomic E-state index is 0.331. The smallest absolute Gasteiger partial charge is 0.147 e. The normalized spacial score (nSPS) is 16.0. The SMILES string of the molecule is CCCCC[C@@H]([C@](C)(SCCCc1ccccc1)[C@H](O)[C@H](C)O)P(=O)(c1ccccc1)c1ccccc1. The van der Waals surface area contributed by atoms with Gasteiger partial charge in [0.2, 0.25) is 0 Å². The Morgan fingerprint density at radius 3 is 1.81 bits per heavy atom. The third-order valence-corrected chi connectivity index (χ3v) is 13.0. The van der Waals surface area contributed by atoms with E-state index < -0.39 is 24.1 Å². The molecule has 0 aliphatic carbocycles. The van der Waals surface area contributed by atoms with Crippen molar-refractivity contribution in [2.75, 3.05) is 5.75 Å². The molecule has 3 aromatic rings. The summed E-state index contributed by atoms with van der Waals surface area (Å²) in [6, 6.07) is 30.0. The van der Waals surface area contributed by atoms with Crippen LogP contribution in [0.5, 0.6) is 0 Å². The molecule has 0 bridgehead atoms. The van der Waals surface area contributed by atoms with Crippen LogP contribution in [0.15, 0.2) is 91.0 Å². The highest BCUT2D eigenvalue weighted by molar-refractivity contribution is 8.01. The molecule has 3 aromatic carbocycles. The molecule has 0 unspecified atom stereocenters. The van der Waals surface area contributed by atoms with Crippen LogP contribution >= 0.6 is 18.9 Å². The van der Waals surface area contributed by atoms with Crippen molar-refractivity contribution in [3.8, 4) is 0 Å². The molecule has 5 heteroatoms. The third kappa shape index (κ3) is 7.39. The second kappa shape index (κ2) is 14.4. The molecule has 0 saturated heterocycles. The van der Waals surface area contributed by atoms with E-state index in [0.29, 0.717) is 0 Å². The maximum atomic E-state index is 15.5. The lowest BCUT2D eigenvalue weighted by Crippen LogP contribution is -2.53. The number of benzene rings is 3. The third-order valence-electron chi connectivity index (χ3n) is 7.37. The van der Waals surface area contributed by atoms with Crippen molar-refractivity contribution in [1.29, 1.82) is 0 Å². The lowest BCUT2D eigenvalue weighted by molar-refractivity contribution is 0.00767. The highest BCUT2D eigenvalue weighted by atomic mass is 32.2. The minimum Gasteiger partial charge on any atom is -0.391 e. The predicted octanol–water partition coefficient (Wildman–Crippen LogP) is 6.82. The monoisotopic (exact) mass is 538 g/mol. The van der Waals surface area contributed by atoms with Crippen molar-refractivity contribution in [3.05, 3.63) is 96.6 Å². The van der Waals surface area contributed by atoms with Crippen molar-refractivity contribution in [3.63, 3.8) is 0 Å². The Balaban J connectivity index is 2.05. The molecule has 0 fully saturated rings. The first kappa shape index (κ1) is 29.7. The quantitative estimate of drug-likeness (QED) is 0.165. The van der Waals surface area contributed by atoms with E-state index in [1.54, 1.807) is 18.7 Å². The summed E-state index contributed by atoms with van der Waals surface area (Å²) in [5.74, 6) is 0.809. The molecule has 0 radical (unpaired) electrons. The fourth-order valence-electron chi connectivity index (χ4n) is 5.30. The molecular weight excluding hydrogens is 495 g/mol. The fraction of sp³-hybridized carbons (Fsp3) is 0.438. The molecule has 200 valence electrons. The van der Waals surface area contributed by atoms with Crippen LogP contribution in [-0.2, 0) is 11.0 Å². The molecule has 3 nitrogen and oxygen atoms in total. The van der Waals surface area contributed by atoms with Gasteiger partial charge in [-0.1, -0.05) is 117 Å². The number of rotatable bonds is 15. The molecule has 0 heterocycles. The summed E-state index contributed by atoms with van der Waals surface area (Å²) in [6.07, 6.45) is 3.71. The highest BCUT2D eigenvalue weighted by Gasteiger charge is 2.52. The number of hydrogen-bond acceptors (Lipinski definition) is 4. The van der Waals surface area contributed by atoms with Gasteiger partial charge in [0.05, 0.1) is 17.0 Å². The summed E-state index contributed by atoms with van der Waals surface area (Å²) in [6.45, 7) is 5.85. The Morgan fingerprint density at radius 2 is 1.32 bits per heavy atom. The van der Waals surface area contributed by atoms with E-state index in [1.807, 2.05) is 73.7 Å². The van der Waals surface area contributed by atoms with E-state index in [2.05, 4.69) is 31.2 Å². The van der Waals surface area contributed by atoms with Crippen LogP contribution < -0.4 is 10.6 Å². The van der Waals surface area contributed by atoms with Crippen LogP contribution in [0.4, 0.5) is 0 Å². The maximum absolute atomic E-state index is 15.5. The molecule has 0 amide bonds. The molecule has 0 saturated carbocycles. The molecule has 0 spiro atoms. The van der Waals surface area contributed by atoms with E-state index in [-0.39, 0.29) is 5.66 Å². The molecule has 0 aliphatic rings. The van der Waals surface area contributed by atoms with Gasteiger partial charge in [0.1, 0.15) is 7.14 Å². The summed E-state index contributed by atoms with van der Waals surface area (Å²) >= 11 is 1.68. The van der Waals surface area contributed by atoms with Gasteiger partial charge in [-0.2, -0.15) is 11.8 Å². The predicted molar refractivity (Wildman–Crippen MR) is 161 cm³/mol. The summed E-state index contributed by atoms with van der Waals surface area (Å²) < 4.78 is 14.7. The zero-order valence-electron chi connectivity index (χ0n) is 22.5. The number of aryl methyl sites for hydroxylation is 1. The zero-order chi connectivity index (χ0) is 26.7. The Kier molecular flexibility index (Phi) is 11.5. The van der Waals surface area contributed by atoms with Crippen molar-refractivity contribution < 1.29 is 14.8 Å².